The molecule has 2 aliphatic rings. The van der Waals surface area contributed by atoms with Crippen molar-refractivity contribution in [1.82, 2.24) is 0 Å². The minimum absolute atomic E-state index is 0.0640. The smallest absolute Gasteiger partial charge is 0.334 e. The van der Waals surface area contributed by atoms with E-state index in [1.807, 2.05) is 32.9 Å². The largest absolute Gasteiger partial charge is 0.466 e. The number of carbonyl (C=O) groups is 1. The average molecular weight is 222 g/mol. The molecular weight excluding hydrogens is 204 g/mol. The van der Waals surface area contributed by atoms with Gasteiger partial charge in [-0.25, -0.2) is 4.79 Å². The van der Waals surface area contributed by atoms with Gasteiger partial charge in [0.1, 0.15) is 0 Å². The zero-order valence-electron chi connectivity index (χ0n) is 10.2. The number of hydrogen-bond acceptors (Lipinski definition) is 3. The highest BCUT2D eigenvalue weighted by Gasteiger charge is 2.44. The molecule has 0 heterocycles. The summed E-state index contributed by atoms with van der Waals surface area (Å²) in [5, 5.41) is 0. The molecule has 3 atom stereocenters. The van der Waals surface area contributed by atoms with Crippen LogP contribution in [-0.4, -0.2) is 24.8 Å². The molecule has 0 aromatic heterocycles. The number of esters is 1. The molecule has 0 saturated heterocycles. The molecule has 3 nitrogen and oxygen atoms in total. The van der Waals surface area contributed by atoms with Crippen LogP contribution in [0.4, 0.5) is 0 Å². The van der Waals surface area contributed by atoms with Crippen LogP contribution in [0.1, 0.15) is 20.8 Å². The molecule has 0 aromatic rings. The van der Waals surface area contributed by atoms with Gasteiger partial charge in [-0.2, -0.15) is 0 Å². The van der Waals surface area contributed by atoms with Crippen LogP contribution in [0.25, 0.3) is 0 Å². The predicted octanol–water partition coefficient (Wildman–Crippen LogP) is 2.09. The Morgan fingerprint density at radius 2 is 2.00 bits per heavy atom. The lowest BCUT2D eigenvalue weighted by Gasteiger charge is -2.28. The fourth-order valence-electron chi connectivity index (χ4n) is 2.34. The van der Waals surface area contributed by atoms with E-state index in [1.54, 1.807) is 0 Å². The molecule has 2 rings (SSSR count). The molecule has 0 unspecified atom stereocenters. The first-order valence-electron chi connectivity index (χ1n) is 5.58. The predicted molar refractivity (Wildman–Crippen MR) is 60.8 cm³/mol. The number of rotatable bonds is 2. The maximum Gasteiger partial charge on any atom is 0.334 e. The van der Waals surface area contributed by atoms with E-state index in [-0.39, 0.29) is 29.5 Å². The van der Waals surface area contributed by atoms with Crippen LogP contribution in [0, 0.1) is 11.8 Å². The highest BCUT2D eigenvalue weighted by molar-refractivity contribution is 5.90. The molecule has 16 heavy (non-hydrogen) atoms. The third-order valence-electron chi connectivity index (χ3n) is 2.92. The van der Waals surface area contributed by atoms with Crippen LogP contribution in [-0.2, 0) is 14.3 Å². The molecule has 2 aliphatic carbocycles. The maximum absolute atomic E-state index is 11.5. The van der Waals surface area contributed by atoms with E-state index >= 15 is 0 Å². The molecule has 0 N–H and O–H groups in total. The Labute approximate surface area is 96.1 Å². The van der Waals surface area contributed by atoms with Crippen molar-refractivity contribution in [3.05, 3.63) is 23.8 Å². The summed E-state index contributed by atoms with van der Waals surface area (Å²) < 4.78 is 10.8. The van der Waals surface area contributed by atoms with Crippen molar-refractivity contribution in [1.29, 1.82) is 0 Å². The van der Waals surface area contributed by atoms with E-state index in [1.165, 1.54) is 7.11 Å². The zero-order valence-corrected chi connectivity index (χ0v) is 10.2. The maximum atomic E-state index is 11.5. The molecule has 0 spiro atoms. The quantitative estimate of drug-likeness (QED) is 0.530. The van der Waals surface area contributed by atoms with Gasteiger partial charge in [0.05, 0.1) is 18.8 Å². The van der Waals surface area contributed by atoms with Crippen molar-refractivity contribution < 1.29 is 14.3 Å². The Balaban J connectivity index is 2.11. The standard InChI is InChI=1S/C13H18O3/c1-13(2,3)16-11-8-5-6-9(11)10(7-8)12(14)15-4/h5-9,11H,1-4H3/t8-,9+,11+/m1/s1. The summed E-state index contributed by atoms with van der Waals surface area (Å²) in [5.74, 6) is 0.0503. The molecule has 2 bridgehead atoms. The lowest BCUT2D eigenvalue weighted by molar-refractivity contribution is -0.137. The van der Waals surface area contributed by atoms with Crippen LogP contribution in [0.15, 0.2) is 23.8 Å². The van der Waals surface area contributed by atoms with Gasteiger partial charge < -0.3 is 9.47 Å². The summed E-state index contributed by atoms with van der Waals surface area (Å²) in [6, 6.07) is 0. The van der Waals surface area contributed by atoms with Gasteiger partial charge >= 0.3 is 5.97 Å². The van der Waals surface area contributed by atoms with E-state index in [4.69, 9.17) is 9.47 Å². The number of hydrogen-bond donors (Lipinski definition) is 0. The molecule has 0 saturated carbocycles. The third-order valence-corrected chi connectivity index (χ3v) is 2.92. The fraction of sp³-hybridized carbons (Fsp3) is 0.615. The highest BCUT2D eigenvalue weighted by atomic mass is 16.5. The minimum Gasteiger partial charge on any atom is -0.466 e. The summed E-state index contributed by atoms with van der Waals surface area (Å²) in [6.45, 7) is 6.09. The van der Waals surface area contributed by atoms with Crippen molar-refractivity contribution in [2.24, 2.45) is 11.8 Å². The van der Waals surface area contributed by atoms with Gasteiger partial charge in [-0.05, 0) is 20.8 Å². The monoisotopic (exact) mass is 222 g/mol. The van der Waals surface area contributed by atoms with E-state index < -0.39 is 0 Å². The normalized spacial score (nSPS) is 31.8. The van der Waals surface area contributed by atoms with Gasteiger partial charge in [-0.3, -0.25) is 0 Å². The van der Waals surface area contributed by atoms with Crippen LogP contribution >= 0.6 is 0 Å². The molecule has 88 valence electrons. The van der Waals surface area contributed by atoms with Gasteiger partial charge in [0.2, 0.25) is 0 Å². The van der Waals surface area contributed by atoms with Gasteiger partial charge in [-0.15, -0.1) is 0 Å². The number of methoxy groups -OCH3 is 1. The molecular formula is C13H18O3. The molecule has 3 heteroatoms. The van der Waals surface area contributed by atoms with Crippen molar-refractivity contribution in [3.8, 4) is 0 Å². The van der Waals surface area contributed by atoms with Crippen molar-refractivity contribution in [2.75, 3.05) is 7.11 Å². The Bertz CT molecular complexity index is 360. The topological polar surface area (TPSA) is 35.5 Å². The number of carbonyl (C=O) groups excluding carboxylic acids is 1. The summed E-state index contributed by atoms with van der Waals surface area (Å²) >= 11 is 0. The van der Waals surface area contributed by atoms with E-state index in [0.29, 0.717) is 0 Å². The second-order valence-electron chi connectivity index (χ2n) is 5.30. The second kappa shape index (κ2) is 3.74. The van der Waals surface area contributed by atoms with E-state index in [9.17, 15) is 4.79 Å². The first-order valence-corrected chi connectivity index (χ1v) is 5.58. The van der Waals surface area contributed by atoms with Crippen LogP contribution in [0.2, 0.25) is 0 Å². The summed E-state index contributed by atoms with van der Waals surface area (Å²) in [4.78, 5) is 11.5. The molecule has 0 radical (unpaired) electrons. The molecule has 0 amide bonds. The molecule has 0 aromatic carbocycles. The average Bonchev–Trinajstić information content (AvgIpc) is 2.72. The summed E-state index contributed by atoms with van der Waals surface area (Å²) in [6.07, 6.45) is 6.18. The first kappa shape index (κ1) is 11.4. The van der Waals surface area contributed by atoms with E-state index in [0.717, 1.165) is 5.57 Å². The highest BCUT2D eigenvalue weighted by Crippen LogP contribution is 2.42. The third kappa shape index (κ3) is 1.92. The SMILES string of the molecule is COC(=O)C1=C[C@H]2C=C[C@@H]1[C@H]2OC(C)(C)C. The van der Waals surface area contributed by atoms with Crippen molar-refractivity contribution in [2.45, 2.75) is 32.5 Å². The number of ether oxygens (including phenoxy) is 2. The fourth-order valence-corrected chi connectivity index (χ4v) is 2.34. The zero-order chi connectivity index (χ0) is 11.9. The van der Waals surface area contributed by atoms with E-state index in [2.05, 4.69) is 6.08 Å². The minimum atomic E-state index is -0.237. The Morgan fingerprint density at radius 1 is 1.31 bits per heavy atom. The van der Waals surface area contributed by atoms with Crippen molar-refractivity contribution in [3.63, 3.8) is 0 Å². The second-order valence-corrected chi connectivity index (χ2v) is 5.30. The summed E-state index contributed by atoms with van der Waals surface area (Å²) in [7, 11) is 1.42. The first-order chi connectivity index (χ1) is 7.42. The van der Waals surface area contributed by atoms with Crippen molar-refractivity contribution >= 4 is 5.97 Å². The summed E-state index contributed by atoms with van der Waals surface area (Å²) in [5.41, 5.74) is 0.552. The Kier molecular flexibility index (Phi) is 2.66. The Morgan fingerprint density at radius 3 is 2.56 bits per heavy atom. The van der Waals surface area contributed by atoms with Gasteiger partial charge in [0, 0.05) is 17.4 Å². The van der Waals surface area contributed by atoms with Crippen LogP contribution < -0.4 is 0 Å². The van der Waals surface area contributed by atoms with Gasteiger partial charge in [-0.1, -0.05) is 18.2 Å². The van der Waals surface area contributed by atoms with Gasteiger partial charge in [0.15, 0.2) is 0 Å². The molecule has 0 fully saturated rings. The van der Waals surface area contributed by atoms with Crippen LogP contribution in [0.3, 0.4) is 0 Å². The lowest BCUT2D eigenvalue weighted by atomic mass is 10.0. The van der Waals surface area contributed by atoms with Crippen LogP contribution in [0.5, 0.6) is 0 Å². The molecule has 0 aliphatic heterocycles. The Hall–Kier alpha value is -1.09. The lowest BCUT2D eigenvalue weighted by Crippen LogP contribution is -2.32. The van der Waals surface area contributed by atoms with Gasteiger partial charge in [0.25, 0.3) is 0 Å². The number of fused-ring (bicyclic) bond motifs is 2.